The van der Waals surface area contributed by atoms with Gasteiger partial charge in [0.2, 0.25) is 0 Å². The first-order valence-electron chi connectivity index (χ1n) is 10.1. The molecule has 170 valence electrons. The summed E-state index contributed by atoms with van der Waals surface area (Å²) in [5, 5.41) is 3.77. The number of amides is 1. The number of methoxy groups -OCH3 is 2. The van der Waals surface area contributed by atoms with Crippen molar-refractivity contribution in [3.8, 4) is 0 Å². The van der Waals surface area contributed by atoms with Crippen LogP contribution in [0.1, 0.15) is 50.7 Å². The number of ether oxygens (including phenoxy) is 3. The predicted molar refractivity (Wildman–Crippen MR) is 116 cm³/mol. The Labute approximate surface area is 185 Å². The highest BCUT2D eigenvalue weighted by Gasteiger charge is 2.33. The van der Waals surface area contributed by atoms with Crippen molar-refractivity contribution in [2.24, 2.45) is 0 Å². The lowest BCUT2D eigenvalue weighted by molar-refractivity contribution is 0.0530. The van der Waals surface area contributed by atoms with Gasteiger partial charge >= 0.3 is 5.97 Å². The minimum absolute atomic E-state index is 0.171. The summed E-state index contributed by atoms with van der Waals surface area (Å²) in [7, 11) is 3.21. The number of thiazole rings is 1. The number of carbonyl (C=O) groups excluding carboxylic acids is 2. The number of nitrogens with one attached hydrogen (secondary N) is 2. The van der Waals surface area contributed by atoms with Crippen molar-refractivity contribution in [1.29, 1.82) is 0 Å². The van der Waals surface area contributed by atoms with Gasteiger partial charge in [0.15, 0.2) is 11.0 Å². The molecule has 3 heterocycles. The van der Waals surface area contributed by atoms with Gasteiger partial charge < -0.3 is 29.4 Å². The number of aromatic amines is 1. The monoisotopic (exact) mass is 451 g/mol. The number of anilines is 1. The fourth-order valence-electron chi connectivity index (χ4n) is 3.52. The Morgan fingerprint density at radius 3 is 2.74 bits per heavy atom. The number of hydrogen-bond donors (Lipinski definition) is 2. The summed E-state index contributed by atoms with van der Waals surface area (Å²) in [5.41, 5.74) is 2.17. The molecule has 1 amide bonds. The lowest BCUT2D eigenvalue weighted by atomic mass is 10.0. The molecule has 2 N–H and O–H groups in total. The number of aryl methyl sites for hydroxylation is 2. The molecule has 1 fully saturated rings. The average Bonchev–Trinajstić information content (AvgIpc) is 3.31. The topological polar surface area (TPSA) is 119 Å². The van der Waals surface area contributed by atoms with Gasteiger partial charge in [-0.1, -0.05) is 11.3 Å². The van der Waals surface area contributed by atoms with Gasteiger partial charge in [0.05, 0.1) is 36.7 Å². The molecule has 2 aromatic rings. The van der Waals surface area contributed by atoms with Gasteiger partial charge in [-0.2, -0.15) is 0 Å². The number of aromatic nitrogens is 3. The summed E-state index contributed by atoms with van der Waals surface area (Å²) in [6, 6.07) is -0.171. The van der Waals surface area contributed by atoms with Crippen LogP contribution in [0.5, 0.6) is 0 Å². The smallest absolute Gasteiger partial charge is 0.350 e. The van der Waals surface area contributed by atoms with Crippen LogP contribution in [0.4, 0.5) is 5.13 Å². The van der Waals surface area contributed by atoms with E-state index < -0.39 is 0 Å². The summed E-state index contributed by atoms with van der Waals surface area (Å²) in [6.45, 7) is 7.32. The van der Waals surface area contributed by atoms with Crippen molar-refractivity contribution in [3.63, 3.8) is 0 Å². The number of hydrogen-bond acceptors (Lipinski definition) is 9. The quantitative estimate of drug-likeness (QED) is 0.584. The highest BCUT2D eigenvalue weighted by Crippen LogP contribution is 2.29. The van der Waals surface area contributed by atoms with Gasteiger partial charge in [0.25, 0.3) is 5.91 Å². The first kappa shape index (κ1) is 23.2. The molecule has 11 heteroatoms. The Hall–Kier alpha value is -2.50. The average molecular weight is 452 g/mol. The second-order valence-electron chi connectivity index (χ2n) is 7.31. The third kappa shape index (κ3) is 5.23. The van der Waals surface area contributed by atoms with Crippen molar-refractivity contribution in [2.75, 3.05) is 38.8 Å². The van der Waals surface area contributed by atoms with Crippen LogP contribution in [0.25, 0.3) is 0 Å². The lowest BCUT2D eigenvalue weighted by Gasteiger charge is -2.37. The number of piperidine rings is 1. The molecule has 3 rings (SSSR count). The molecular weight excluding hydrogens is 422 g/mol. The zero-order valence-electron chi connectivity index (χ0n) is 18.5. The normalized spacial score (nSPS) is 18.8. The van der Waals surface area contributed by atoms with Gasteiger partial charge in [-0.15, -0.1) is 0 Å². The number of rotatable bonds is 8. The van der Waals surface area contributed by atoms with Crippen LogP contribution in [0.15, 0.2) is 0 Å². The van der Waals surface area contributed by atoms with Crippen LogP contribution in [0.3, 0.4) is 0 Å². The van der Waals surface area contributed by atoms with E-state index in [0.717, 1.165) is 10.8 Å². The minimum atomic E-state index is -0.351. The van der Waals surface area contributed by atoms with Crippen molar-refractivity contribution in [1.82, 2.24) is 20.3 Å². The van der Waals surface area contributed by atoms with E-state index in [1.165, 1.54) is 11.3 Å². The van der Waals surface area contributed by atoms with Gasteiger partial charge in [-0.3, -0.25) is 4.79 Å². The van der Waals surface area contributed by atoms with Crippen molar-refractivity contribution in [2.45, 2.75) is 45.9 Å². The number of H-pyrrole nitrogens is 1. The maximum Gasteiger partial charge on any atom is 0.350 e. The second-order valence-corrected chi connectivity index (χ2v) is 8.29. The molecule has 1 aliphatic rings. The highest BCUT2D eigenvalue weighted by molar-refractivity contribution is 7.17. The molecule has 31 heavy (non-hydrogen) atoms. The summed E-state index contributed by atoms with van der Waals surface area (Å²) in [4.78, 5) is 39.3. The zero-order chi connectivity index (χ0) is 22.5. The maximum absolute atomic E-state index is 12.7. The lowest BCUT2D eigenvalue weighted by Crippen LogP contribution is -2.55. The Balaban J connectivity index is 1.66. The Morgan fingerprint density at radius 1 is 1.29 bits per heavy atom. The van der Waals surface area contributed by atoms with Crippen molar-refractivity contribution >= 4 is 28.3 Å². The highest BCUT2D eigenvalue weighted by atomic mass is 32.1. The van der Waals surface area contributed by atoms with E-state index in [2.05, 4.69) is 25.2 Å². The van der Waals surface area contributed by atoms with Gasteiger partial charge in [0, 0.05) is 33.0 Å². The van der Waals surface area contributed by atoms with E-state index in [-0.39, 0.29) is 29.8 Å². The summed E-state index contributed by atoms with van der Waals surface area (Å²) in [5.74, 6) is -0.368. The summed E-state index contributed by atoms with van der Waals surface area (Å²) < 4.78 is 15.9. The van der Waals surface area contributed by atoms with Crippen LogP contribution in [0, 0.1) is 13.8 Å². The van der Waals surface area contributed by atoms with Gasteiger partial charge in [0.1, 0.15) is 4.88 Å². The van der Waals surface area contributed by atoms with E-state index >= 15 is 0 Å². The van der Waals surface area contributed by atoms with Gasteiger partial charge in [-0.25, -0.2) is 14.8 Å². The number of esters is 1. The first-order valence-corrected chi connectivity index (χ1v) is 11.0. The standard InChI is InChI=1S/C20H29N5O5S/c1-6-30-19(27)16-12(3)22-20(31-16)25-8-7-13(15(9-25)29-5)24-18(26)17-21-11(2)14(23-17)10-28-4/h13,15H,6-10H2,1-5H3,(H,21,23)(H,24,26)/t13-,15+/m0/s1. The molecule has 2 aromatic heterocycles. The molecule has 10 nitrogen and oxygen atoms in total. The molecule has 0 spiro atoms. The van der Waals surface area contributed by atoms with Crippen molar-refractivity contribution < 1.29 is 23.8 Å². The second kappa shape index (κ2) is 10.2. The predicted octanol–water partition coefficient (Wildman–Crippen LogP) is 1.83. The molecule has 0 radical (unpaired) electrons. The third-order valence-corrected chi connectivity index (χ3v) is 6.37. The van der Waals surface area contributed by atoms with E-state index in [4.69, 9.17) is 14.2 Å². The zero-order valence-corrected chi connectivity index (χ0v) is 19.3. The van der Waals surface area contributed by atoms with E-state index in [9.17, 15) is 9.59 Å². The first-order chi connectivity index (χ1) is 14.9. The number of imidazole rings is 1. The molecule has 1 saturated heterocycles. The van der Waals surface area contributed by atoms with Crippen LogP contribution >= 0.6 is 11.3 Å². The van der Waals surface area contributed by atoms with Crippen molar-refractivity contribution in [3.05, 3.63) is 27.8 Å². The number of carbonyl (C=O) groups is 2. The molecule has 0 saturated carbocycles. The SMILES string of the molecule is CCOC(=O)c1sc(N2CC[C@H](NC(=O)c3nc(COC)c(C)[nH]3)[C@H](OC)C2)nc1C. The molecule has 0 aromatic carbocycles. The van der Waals surface area contributed by atoms with E-state index in [0.29, 0.717) is 49.0 Å². The van der Waals surface area contributed by atoms with Gasteiger partial charge in [-0.05, 0) is 27.2 Å². The Bertz CT molecular complexity index is 927. The molecule has 0 aliphatic carbocycles. The Morgan fingerprint density at radius 2 is 2.06 bits per heavy atom. The Kier molecular flexibility index (Phi) is 7.63. The largest absolute Gasteiger partial charge is 0.462 e. The maximum atomic E-state index is 12.7. The fourth-order valence-corrected chi connectivity index (χ4v) is 4.51. The summed E-state index contributed by atoms with van der Waals surface area (Å²) >= 11 is 1.32. The third-order valence-electron chi connectivity index (χ3n) is 5.18. The molecule has 0 unspecified atom stereocenters. The van der Waals surface area contributed by atoms with Crippen LogP contribution in [0.2, 0.25) is 0 Å². The van der Waals surface area contributed by atoms with Crippen LogP contribution in [-0.2, 0) is 20.8 Å². The molecular formula is C20H29N5O5S. The summed E-state index contributed by atoms with van der Waals surface area (Å²) in [6.07, 6.45) is 0.435. The minimum Gasteiger partial charge on any atom is -0.462 e. The van der Waals surface area contributed by atoms with Crippen LogP contribution in [-0.4, -0.2) is 72.9 Å². The molecule has 2 atom stereocenters. The van der Waals surface area contributed by atoms with E-state index in [1.807, 2.05) is 6.92 Å². The molecule has 1 aliphatic heterocycles. The van der Waals surface area contributed by atoms with Crippen LogP contribution < -0.4 is 10.2 Å². The van der Waals surface area contributed by atoms with E-state index in [1.54, 1.807) is 28.1 Å². The number of nitrogens with zero attached hydrogens (tertiary/aromatic N) is 3. The molecule has 0 bridgehead atoms. The fraction of sp³-hybridized carbons (Fsp3) is 0.600.